The van der Waals surface area contributed by atoms with Crippen LogP contribution in [0.5, 0.6) is 0 Å². The van der Waals surface area contributed by atoms with Gasteiger partial charge in [0, 0.05) is 13.0 Å². The van der Waals surface area contributed by atoms with Crippen molar-refractivity contribution in [3.8, 4) is 0 Å². The molecule has 29 heteroatoms. The van der Waals surface area contributed by atoms with E-state index in [9.17, 15) is 63.6 Å². The van der Waals surface area contributed by atoms with Crippen LogP contribution in [0.25, 0.3) is 0 Å². The molecular weight excluding hydrogens is 1040 g/mol. The van der Waals surface area contributed by atoms with Crippen molar-refractivity contribution in [1.82, 2.24) is 58.5 Å². The average Bonchev–Trinajstić information content (AvgIpc) is 3.37. The van der Waals surface area contributed by atoms with Gasteiger partial charge in [0.2, 0.25) is 53.2 Å². The highest BCUT2D eigenvalue weighted by molar-refractivity contribution is 7.98. The number of amides is 9. The molecule has 0 aromatic heterocycles. The van der Waals surface area contributed by atoms with Crippen molar-refractivity contribution in [2.75, 3.05) is 51.3 Å². The van der Waals surface area contributed by atoms with Crippen LogP contribution in [0.1, 0.15) is 118 Å². The Kier molecular flexibility index (Phi) is 36.1. The molecule has 9 amide bonds. The molecule has 1 aliphatic rings. The maximum Gasteiger partial charge on any atom is 0.245 e. The predicted octanol–water partition coefficient (Wildman–Crippen LogP) is -6.11. The molecule has 0 aliphatic carbocycles. The summed E-state index contributed by atoms with van der Waals surface area (Å²) in [4.78, 5) is 124. The largest absolute Gasteiger partial charge is 0.391 e. The summed E-state index contributed by atoms with van der Waals surface area (Å²) in [6.07, 6.45) is -0.173. The molecule has 13 atom stereocenters. The number of nitrogens with two attached hydrogens (primary N) is 4. The molecule has 1 heterocycles. The molecule has 0 aromatic rings. The van der Waals surface area contributed by atoms with E-state index in [1.54, 1.807) is 6.26 Å². The second-order valence-corrected chi connectivity index (χ2v) is 21.0. The van der Waals surface area contributed by atoms with Gasteiger partial charge in [0.05, 0.1) is 30.8 Å². The van der Waals surface area contributed by atoms with Gasteiger partial charge in [-0.25, -0.2) is 0 Å². The molecule has 1 rings (SSSR count). The Morgan fingerprint density at radius 3 is 1.78 bits per heavy atom. The third-order valence-electron chi connectivity index (χ3n) is 12.7. The maximum absolute atomic E-state index is 14.3. The van der Waals surface area contributed by atoms with E-state index in [0.717, 1.165) is 25.7 Å². The molecule has 1 aliphatic heterocycles. The molecule has 0 aromatic carbocycles. The van der Waals surface area contributed by atoms with Gasteiger partial charge in [0.15, 0.2) is 0 Å². The fraction of sp³-hybridized carbons (Fsp3) is 0.816. The lowest BCUT2D eigenvalue weighted by molar-refractivity contribution is -0.135. The Balaban J connectivity index is 3.69. The summed E-state index contributed by atoms with van der Waals surface area (Å²) in [6.45, 7) is 7.03. The number of hydrogen-bond acceptors (Lipinski definition) is 20. The van der Waals surface area contributed by atoms with Crippen LogP contribution in [0.3, 0.4) is 0 Å². The topological polar surface area (TPSA) is 471 Å². The van der Waals surface area contributed by atoms with Gasteiger partial charge in [-0.3, -0.25) is 53.8 Å². The Morgan fingerprint density at radius 1 is 0.679 bits per heavy atom. The lowest BCUT2D eigenvalue weighted by atomic mass is 10.0. The van der Waals surface area contributed by atoms with Gasteiger partial charge in [0.25, 0.3) is 0 Å². The molecule has 2 unspecified atom stereocenters. The molecule has 0 radical (unpaired) electrons. The van der Waals surface area contributed by atoms with Crippen LogP contribution in [0.2, 0.25) is 0 Å². The van der Waals surface area contributed by atoms with Crippen molar-refractivity contribution < 1.29 is 63.6 Å². The van der Waals surface area contributed by atoms with E-state index in [1.165, 1.54) is 25.6 Å². The number of aliphatic hydroxyl groups excluding tert-OH is 4. The zero-order chi connectivity index (χ0) is 58.9. The lowest BCUT2D eigenvalue weighted by Gasteiger charge is -2.31. The van der Waals surface area contributed by atoms with Crippen LogP contribution in [-0.2, 0) is 43.2 Å². The van der Waals surface area contributed by atoms with Gasteiger partial charge in [-0.2, -0.15) is 11.8 Å². The second-order valence-electron chi connectivity index (χ2n) is 20.0. The van der Waals surface area contributed by atoms with E-state index >= 15 is 0 Å². The second kappa shape index (κ2) is 39.5. The average molecular weight is 1130 g/mol. The summed E-state index contributed by atoms with van der Waals surface area (Å²) in [5.41, 5.74) is 23.2. The first-order chi connectivity index (χ1) is 37.0. The third-order valence-corrected chi connectivity index (χ3v) is 13.3. The minimum absolute atomic E-state index is 0.0215. The smallest absolute Gasteiger partial charge is 0.245 e. The highest BCUT2D eigenvalue weighted by Gasteiger charge is 2.36. The first-order valence-electron chi connectivity index (χ1n) is 27.2. The molecule has 1 fully saturated rings. The van der Waals surface area contributed by atoms with Gasteiger partial charge in [-0.05, 0) is 109 Å². The van der Waals surface area contributed by atoms with Crippen LogP contribution in [-0.4, -0.2) is 204 Å². The lowest BCUT2D eigenvalue weighted by Crippen LogP contribution is -2.62. The van der Waals surface area contributed by atoms with Gasteiger partial charge in [-0.1, -0.05) is 46.5 Å². The number of rotatable bonds is 29. The first kappa shape index (κ1) is 71.2. The van der Waals surface area contributed by atoms with Crippen molar-refractivity contribution in [3.05, 3.63) is 0 Å². The van der Waals surface area contributed by atoms with Crippen molar-refractivity contribution in [3.63, 3.8) is 0 Å². The number of thioether (sulfide) groups is 1. The summed E-state index contributed by atoms with van der Waals surface area (Å²) in [5, 5.41) is 72.3. The highest BCUT2D eigenvalue weighted by atomic mass is 32.2. The molecule has 78 heavy (non-hydrogen) atoms. The number of carbonyl (C=O) groups excluding carboxylic acids is 9. The Morgan fingerprint density at radius 2 is 1.24 bits per heavy atom. The van der Waals surface area contributed by atoms with E-state index < -0.39 is 146 Å². The van der Waals surface area contributed by atoms with Gasteiger partial charge in [-0.15, -0.1) is 0 Å². The van der Waals surface area contributed by atoms with Crippen molar-refractivity contribution in [2.45, 2.75) is 197 Å². The molecular formula is C49H95N15O13S. The van der Waals surface area contributed by atoms with Crippen LogP contribution >= 0.6 is 11.8 Å². The maximum atomic E-state index is 14.3. The van der Waals surface area contributed by atoms with Crippen LogP contribution in [0.15, 0.2) is 0 Å². The number of hydrogen-bond donors (Lipinski definition) is 19. The van der Waals surface area contributed by atoms with E-state index in [0.29, 0.717) is 12.2 Å². The normalized spacial score (nSPS) is 24.1. The van der Waals surface area contributed by atoms with Crippen LogP contribution in [0, 0.1) is 5.92 Å². The van der Waals surface area contributed by atoms with Gasteiger partial charge < -0.3 is 91.2 Å². The molecule has 0 saturated carbocycles. The Labute approximate surface area is 462 Å². The van der Waals surface area contributed by atoms with Crippen molar-refractivity contribution >= 4 is 64.9 Å². The van der Waals surface area contributed by atoms with Crippen LogP contribution in [0.4, 0.5) is 0 Å². The van der Waals surface area contributed by atoms with E-state index in [4.69, 9.17) is 22.9 Å². The number of unbranched alkanes of at least 4 members (excludes halogenated alkanes) is 4. The molecule has 450 valence electrons. The quantitative estimate of drug-likeness (QED) is 0.0245. The number of carbonyl (C=O) groups is 9. The minimum Gasteiger partial charge on any atom is -0.391 e. The predicted molar refractivity (Wildman–Crippen MR) is 294 cm³/mol. The number of β-amino-alcohol motifs (C(OH)–C–C–N with tert-alkyl or cyclic N) is 1. The summed E-state index contributed by atoms with van der Waals surface area (Å²) in [7, 11) is 0. The Bertz CT molecular complexity index is 1860. The fourth-order valence-corrected chi connectivity index (χ4v) is 8.74. The molecule has 23 N–H and O–H groups in total. The van der Waals surface area contributed by atoms with Crippen LogP contribution < -0.4 is 81.4 Å². The standard InChI is InChI=1S/C49H95N15O13S/c1-7-8-9-10-11-12-37(67)56-31(14-20-51)45(73)64-40(29(5)66)49(77)62-35(18-24-78-6)44(72)61-34-17-23-54-48(76)39(28(4)65)63-46(74)33(16-22-53)59-42(70)32(15-21-52)60-47(75)36(25-27(2)3)57-38(68)26-55-41(69)30(13-19-50)58-43(34)71/h27-36,38-40,45,57,64-66,68,73H,7-26,50-53H2,1-6H3,(H,54,76)(H,55,69)(H,56,67)(H,58,71)(H,59,70)(H,60,75)(H,61,72)(H,62,77)(H,63,74)/t28-,29-,30+,31+,32+,33+,34+,35+,36+,38?,39+,40+,45?/m1/s1. The van der Waals surface area contributed by atoms with Gasteiger partial charge in [0.1, 0.15) is 54.7 Å². The Hall–Kier alpha value is -4.82. The van der Waals surface area contributed by atoms with E-state index in [-0.39, 0.29) is 82.9 Å². The third kappa shape index (κ3) is 27.4. The van der Waals surface area contributed by atoms with E-state index in [2.05, 4.69) is 65.4 Å². The molecule has 0 spiro atoms. The van der Waals surface area contributed by atoms with Crippen molar-refractivity contribution in [1.29, 1.82) is 0 Å². The summed E-state index contributed by atoms with van der Waals surface area (Å²) < 4.78 is 0. The first-order valence-corrected chi connectivity index (χ1v) is 28.6. The summed E-state index contributed by atoms with van der Waals surface area (Å²) in [5.74, 6) is -7.21. The molecule has 1 saturated heterocycles. The monoisotopic (exact) mass is 1130 g/mol. The zero-order valence-corrected chi connectivity index (χ0v) is 47.2. The summed E-state index contributed by atoms with van der Waals surface area (Å²) >= 11 is 1.32. The highest BCUT2D eigenvalue weighted by Crippen LogP contribution is 2.11. The zero-order valence-electron chi connectivity index (χ0n) is 46.4. The molecule has 0 bridgehead atoms. The van der Waals surface area contributed by atoms with E-state index in [1.807, 2.05) is 13.8 Å². The van der Waals surface area contributed by atoms with Gasteiger partial charge >= 0.3 is 0 Å². The molecule has 28 nitrogen and oxygen atoms in total. The number of aliphatic hydroxyl groups is 4. The van der Waals surface area contributed by atoms with Crippen molar-refractivity contribution in [2.24, 2.45) is 28.9 Å². The minimum atomic E-state index is -1.65. The SMILES string of the molecule is CCCCCCCC(=O)N[C@@H](CCN)C(O)N[C@H](C(=O)N[C@@H](CCSC)C(=O)N[C@H]1CCNC(=O)[C@H]([C@@H](C)O)NC(=O)[C@H](CCN)NC(=O)[C@H](CCN)NC(=O)[C@H](CC(C)C)NC(O)CNC(=O)[C@H](CCN)NC1=O)[C@@H](C)O. The summed E-state index contributed by atoms with van der Waals surface area (Å²) in [6, 6.07) is -12.3. The fourth-order valence-electron chi connectivity index (χ4n) is 8.26. The number of nitrogens with one attached hydrogen (secondary N) is 11.